The molecule has 0 fully saturated rings. The monoisotopic (exact) mass is 1240 g/mol. The number of imidazole rings is 3. The lowest BCUT2D eigenvalue weighted by Gasteiger charge is -2.25. The third-order valence-corrected chi connectivity index (χ3v) is 11.6. The van der Waals surface area contributed by atoms with Gasteiger partial charge in [-0.05, 0) is 18.3 Å². The molecule has 0 saturated carbocycles. The number of hydrogen-bond donors (Lipinski definition) is 19. The van der Waals surface area contributed by atoms with Crippen LogP contribution in [0.1, 0.15) is 57.6 Å². The van der Waals surface area contributed by atoms with Gasteiger partial charge in [0, 0.05) is 61.4 Å². The first-order valence-electron chi connectivity index (χ1n) is 26.1. The Kier molecular flexibility index (Phi) is 30.7. The Labute approximate surface area is 491 Å². The van der Waals surface area contributed by atoms with Crippen LogP contribution < -0.4 is 70.0 Å². The Hall–Kier alpha value is -10.1. The number of aromatic nitrogens is 6. The number of amides is 12. The van der Waals surface area contributed by atoms with Crippen molar-refractivity contribution in [3.05, 3.63) is 54.7 Å². The van der Waals surface area contributed by atoms with Gasteiger partial charge in [0.15, 0.2) is 0 Å². The van der Waals surface area contributed by atoms with Crippen molar-refractivity contribution in [3.63, 3.8) is 0 Å². The lowest BCUT2D eigenvalue weighted by Crippen LogP contribution is -2.58. The molecule has 0 aromatic carbocycles. The van der Waals surface area contributed by atoms with Gasteiger partial charge < -0.3 is 100 Å². The highest BCUT2D eigenvalue weighted by Crippen LogP contribution is 2.13. The number of nitrogens with one attached hydrogen (secondary N) is 14. The first-order chi connectivity index (χ1) is 40.8. The second-order valence-corrected chi connectivity index (χ2v) is 19.3. The van der Waals surface area contributed by atoms with E-state index in [-0.39, 0.29) is 19.3 Å². The lowest BCUT2D eigenvalue weighted by molar-refractivity contribution is -0.192. The Morgan fingerprint density at radius 2 is 0.828 bits per heavy atom. The molecule has 3 heterocycles. The summed E-state index contributed by atoms with van der Waals surface area (Å²) in [4.78, 5) is 197. The zero-order chi connectivity index (χ0) is 65.6. The van der Waals surface area contributed by atoms with E-state index in [2.05, 4.69) is 88.4 Å². The van der Waals surface area contributed by atoms with Crippen molar-refractivity contribution < 1.29 is 95.6 Å². The SMILES string of the molecule is CC(C)[C@H](NC(=O)CN)C(=O)N[C@@H](CO)C(=O)NCC(=O)N[C@@H](Cc1cnc[nH]1)C(=O)NCC(=O)N[C@@H](CCC(N)=O)C(=O)N[C@@H](Cc1cnc[nH]1)C(=O)NCC(=O)N[C@H](C(=O)N[C@@H](Cc1cnc[nH]1)C(=O)NCC(=O)O)C(C)C.O=C(O)C(F)(F)F. The van der Waals surface area contributed by atoms with Gasteiger partial charge in [0.1, 0.15) is 48.8 Å². The van der Waals surface area contributed by atoms with Crippen LogP contribution in [0, 0.1) is 11.8 Å². The molecule has 3 aromatic rings. The maximum Gasteiger partial charge on any atom is 0.490 e. The fourth-order valence-electron chi connectivity index (χ4n) is 7.20. The van der Waals surface area contributed by atoms with Gasteiger partial charge >= 0.3 is 18.1 Å². The van der Waals surface area contributed by atoms with Crippen LogP contribution in [0.3, 0.4) is 0 Å². The molecule has 0 unspecified atom stereocenters. The summed E-state index contributed by atoms with van der Waals surface area (Å²) in [5.74, 6) is -15.8. The van der Waals surface area contributed by atoms with Crippen LogP contribution in [0.25, 0.3) is 0 Å². The number of carboxylic acids is 2. The molecule has 21 N–H and O–H groups in total. The number of hydrogen-bond acceptors (Lipinski definition) is 19. The summed E-state index contributed by atoms with van der Waals surface area (Å²) in [5.41, 5.74) is 11.8. The maximum absolute atomic E-state index is 13.9. The number of carboxylic acid groups (broad SMARTS) is 2. The topological polar surface area (TPSA) is 570 Å². The summed E-state index contributed by atoms with van der Waals surface area (Å²) in [6, 6.07) is -9.75. The molecular formula is C48H70F3N19O17. The Morgan fingerprint density at radius 3 is 1.16 bits per heavy atom. The molecule has 39 heteroatoms. The molecular weight excluding hydrogens is 1170 g/mol. The fourth-order valence-corrected chi connectivity index (χ4v) is 7.20. The van der Waals surface area contributed by atoms with E-state index < -0.39 is 195 Å². The van der Waals surface area contributed by atoms with Crippen LogP contribution in [0.4, 0.5) is 13.2 Å². The average Bonchev–Trinajstić information content (AvgIpc) is 4.04. The standard InChI is InChI=1S/C46H69N19O15.C2HF3O2/c1-22(2)38(64-33(68)10-47)46(80)63-31(18-66)43(77)54-15-35(70)60-28(7-24-11-49-19-56-24)40(74)52-14-34(69)59-27(5-6-32(48)67)44(78)61-29(8-25-12-50-20-57-25)41(75)53-16-36(71)65-39(23(3)4)45(79)62-30(9-26-13-51-21-58-26)42(76)55-17-37(72)73;3-2(4,5)1(6)7/h11-13,19-23,27-31,38-39,66H,5-10,14-18,47H2,1-4H3,(H2,48,67)(H,49,56)(H,50,57)(H,51,58)(H,52,74)(H,53,75)(H,54,77)(H,55,76)(H,59,69)(H,60,70)(H,61,78)(H,62,79)(H,63,80)(H,64,68)(H,65,71)(H,72,73);(H,6,7)/t27-,28-,29-,30-,31-,38-,39-;/m0./s1. The van der Waals surface area contributed by atoms with E-state index in [9.17, 15) is 80.6 Å². The summed E-state index contributed by atoms with van der Waals surface area (Å²) in [5, 5.41) is 52.1. The number of nitrogens with two attached hydrogens (primary N) is 2. The highest BCUT2D eigenvalue weighted by molar-refractivity contribution is 5.98. The first-order valence-corrected chi connectivity index (χ1v) is 26.1. The van der Waals surface area contributed by atoms with Crippen LogP contribution in [0.15, 0.2) is 37.6 Å². The molecule has 0 aliphatic heterocycles. The number of rotatable bonds is 35. The second kappa shape index (κ2) is 36.6. The average molecular weight is 1240 g/mol. The number of aromatic amines is 3. The van der Waals surface area contributed by atoms with Crippen molar-refractivity contribution in [3.8, 4) is 0 Å². The van der Waals surface area contributed by atoms with Crippen molar-refractivity contribution in [1.29, 1.82) is 0 Å². The second-order valence-electron chi connectivity index (χ2n) is 19.3. The molecule has 3 aromatic heterocycles. The molecule has 87 heavy (non-hydrogen) atoms. The van der Waals surface area contributed by atoms with Crippen LogP contribution in [-0.2, 0) is 86.4 Å². The number of carbonyl (C=O) groups excluding carboxylic acids is 12. The molecule has 0 spiro atoms. The van der Waals surface area contributed by atoms with E-state index in [1.165, 1.54) is 37.6 Å². The molecule has 0 radical (unpaired) electrons. The van der Waals surface area contributed by atoms with Gasteiger partial charge in [0.05, 0.1) is 51.8 Å². The van der Waals surface area contributed by atoms with Crippen molar-refractivity contribution in [2.24, 2.45) is 23.3 Å². The number of H-pyrrole nitrogens is 3. The number of aliphatic hydroxyl groups excluding tert-OH is 1. The van der Waals surface area contributed by atoms with Crippen molar-refractivity contribution in [2.45, 2.75) is 108 Å². The van der Waals surface area contributed by atoms with Crippen LogP contribution >= 0.6 is 0 Å². The van der Waals surface area contributed by atoms with E-state index >= 15 is 0 Å². The molecule has 0 aliphatic rings. The van der Waals surface area contributed by atoms with Gasteiger partial charge in [-0.2, -0.15) is 13.2 Å². The summed E-state index contributed by atoms with van der Waals surface area (Å²) in [6.45, 7) is 2.02. The third kappa shape index (κ3) is 27.9. The summed E-state index contributed by atoms with van der Waals surface area (Å²) >= 11 is 0. The normalized spacial score (nSPS) is 13.4. The summed E-state index contributed by atoms with van der Waals surface area (Å²) in [7, 11) is 0. The van der Waals surface area contributed by atoms with E-state index in [0.29, 0.717) is 17.1 Å². The van der Waals surface area contributed by atoms with Crippen LogP contribution in [0.2, 0.25) is 0 Å². The third-order valence-electron chi connectivity index (χ3n) is 11.6. The number of halogens is 3. The molecule has 480 valence electrons. The minimum Gasteiger partial charge on any atom is -0.480 e. The van der Waals surface area contributed by atoms with Crippen LogP contribution in [0.5, 0.6) is 0 Å². The number of nitrogens with zero attached hydrogens (tertiary/aromatic N) is 3. The molecule has 0 aliphatic carbocycles. The summed E-state index contributed by atoms with van der Waals surface area (Å²) in [6.07, 6.45) is 1.44. The number of alkyl halides is 3. The number of aliphatic hydroxyl groups is 1. The molecule has 12 amide bonds. The quantitative estimate of drug-likeness (QED) is 0.0260. The maximum atomic E-state index is 13.9. The predicted octanol–water partition coefficient (Wildman–Crippen LogP) is -8.01. The number of primary amides is 1. The molecule has 0 saturated heterocycles. The van der Waals surface area contributed by atoms with E-state index in [1.807, 2.05) is 0 Å². The Morgan fingerprint density at radius 1 is 0.494 bits per heavy atom. The highest BCUT2D eigenvalue weighted by atomic mass is 19.4. The molecule has 3 rings (SSSR count). The van der Waals surface area contributed by atoms with E-state index in [1.54, 1.807) is 27.7 Å². The Balaban J connectivity index is 0.00000346. The van der Waals surface area contributed by atoms with Gasteiger partial charge in [-0.1, -0.05) is 27.7 Å². The van der Waals surface area contributed by atoms with Gasteiger partial charge in [0.2, 0.25) is 70.9 Å². The minimum absolute atomic E-state index is 0.123. The predicted molar refractivity (Wildman–Crippen MR) is 288 cm³/mol. The van der Waals surface area contributed by atoms with Gasteiger partial charge in [-0.25, -0.2) is 19.7 Å². The molecule has 36 nitrogen and oxygen atoms in total. The molecule has 0 bridgehead atoms. The van der Waals surface area contributed by atoms with Gasteiger partial charge in [0.25, 0.3) is 0 Å². The first kappa shape index (κ1) is 73.0. The van der Waals surface area contributed by atoms with Crippen molar-refractivity contribution in [2.75, 3.05) is 39.3 Å². The lowest BCUT2D eigenvalue weighted by atomic mass is 10.0. The van der Waals surface area contributed by atoms with Crippen LogP contribution in [-0.4, -0.2) is 216 Å². The molecule has 7 atom stereocenters. The van der Waals surface area contributed by atoms with Crippen molar-refractivity contribution in [1.82, 2.24) is 88.4 Å². The minimum atomic E-state index is -5.08. The van der Waals surface area contributed by atoms with Crippen molar-refractivity contribution >= 4 is 82.8 Å². The van der Waals surface area contributed by atoms with E-state index in [4.69, 9.17) is 26.5 Å². The zero-order valence-corrected chi connectivity index (χ0v) is 47.1. The Bertz CT molecular complexity index is 2820. The van der Waals surface area contributed by atoms with Gasteiger partial charge in [-0.15, -0.1) is 0 Å². The number of carbonyl (C=O) groups is 14. The smallest absolute Gasteiger partial charge is 0.480 e. The van der Waals surface area contributed by atoms with Gasteiger partial charge in [-0.3, -0.25) is 62.3 Å². The zero-order valence-electron chi connectivity index (χ0n) is 47.1. The summed E-state index contributed by atoms with van der Waals surface area (Å²) < 4.78 is 31.7. The highest BCUT2D eigenvalue weighted by Gasteiger charge is 2.38. The number of aliphatic carboxylic acids is 2. The fraction of sp³-hybridized carbons (Fsp3) is 0.521. The van der Waals surface area contributed by atoms with E-state index in [0.717, 1.165) is 0 Å². The largest absolute Gasteiger partial charge is 0.490 e.